The van der Waals surface area contributed by atoms with Gasteiger partial charge in [0.15, 0.2) is 8.15 Å². The molecule has 7 aromatic rings. The topological polar surface area (TPSA) is 9.23 Å². The van der Waals surface area contributed by atoms with Gasteiger partial charge in [-0.2, -0.15) is 0 Å². The van der Waals surface area contributed by atoms with Gasteiger partial charge in [0.1, 0.15) is 5.75 Å². The lowest BCUT2D eigenvalue weighted by molar-refractivity contribution is 0.487. The van der Waals surface area contributed by atoms with Gasteiger partial charge >= 0.3 is 0 Å². The first-order valence-electron chi connectivity index (χ1n) is 19.8. The Labute approximate surface area is 318 Å². The summed E-state index contributed by atoms with van der Waals surface area (Å²) in [5.74, 6) is 1.01. The van der Waals surface area contributed by atoms with Crippen LogP contribution in [0.15, 0.2) is 158 Å². The standard InChI is InChI=1S/C50H48OP2/c1-6-20-37(21-7-1)46-36-39-23-17-19-33-45(39)49(50(46)51-53(42-28-12-4-13-29-42)43-30-14-5-15-31-43)48-44-32-18-16-22-38(44)34-35-47(48)52(40-24-8-2-9-25-40)41-26-10-3-11-27-41/h1,4-7,12-23,28-36,40-41H,2-3,8-11,24-27H2. The summed E-state index contributed by atoms with van der Waals surface area (Å²) in [5, 5.41) is 9.25. The molecule has 1 nitrogen and oxygen atoms in total. The van der Waals surface area contributed by atoms with E-state index >= 15 is 0 Å². The Morgan fingerprint density at radius 1 is 0.434 bits per heavy atom. The number of hydrogen-bond donors (Lipinski definition) is 0. The Kier molecular flexibility index (Phi) is 10.4. The van der Waals surface area contributed by atoms with Crippen molar-refractivity contribution in [3.8, 4) is 28.0 Å². The molecular weight excluding hydrogens is 678 g/mol. The molecule has 0 aliphatic heterocycles. The summed E-state index contributed by atoms with van der Waals surface area (Å²) in [7, 11) is -1.58. The summed E-state index contributed by atoms with van der Waals surface area (Å²) in [5.41, 5.74) is 6.60. The Balaban J connectivity index is 1.38. The largest absolute Gasteiger partial charge is 0.463 e. The number of hydrogen-bond acceptors (Lipinski definition) is 1. The van der Waals surface area contributed by atoms with Crippen molar-refractivity contribution < 1.29 is 4.52 Å². The van der Waals surface area contributed by atoms with Crippen LogP contribution in [0.1, 0.15) is 64.2 Å². The van der Waals surface area contributed by atoms with Crippen LogP contribution in [0.25, 0.3) is 43.8 Å². The molecule has 0 atom stereocenters. The molecule has 2 fully saturated rings. The molecule has 2 aliphatic carbocycles. The summed E-state index contributed by atoms with van der Waals surface area (Å²) in [6.45, 7) is 0. The Bertz CT molecular complexity index is 2230. The van der Waals surface area contributed by atoms with Gasteiger partial charge in [-0.05, 0) is 75.5 Å². The van der Waals surface area contributed by atoms with E-state index in [1.807, 2.05) is 0 Å². The molecule has 53 heavy (non-hydrogen) atoms. The molecule has 0 spiro atoms. The van der Waals surface area contributed by atoms with Crippen molar-refractivity contribution in [3.05, 3.63) is 158 Å². The molecular formula is C50H48OP2. The van der Waals surface area contributed by atoms with Crippen molar-refractivity contribution in [2.75, 3.05) is 0 Å². The van der Waals surface area contributed by atoms with Crippen molar-refractivity contribution in [2.45, 2.75) is 75.5 Å². The third-order valence-corrected chi connectivity index (χ3v) is 17.1. The molecule has 0 aromatic heterocycles. The van der Waals surface area contributed by atoms with Gasteiger partial charge in [0.2, 0.25) is 0 Å². The Morgan fingerprint density at radius 3 is 1.51 bits per heavy atom. The molecule has 0 bridgehead atoms. The van der Waals surface area contributed by atoms with Gasteiger partial charge in [0.25, 0.3) is 0 Å². The van der Waals surface area contributed by atoms with E-state index in [4.69, 9.17) is 4.52 Å². The van der Waals surface area contributed by atoms with Gasteiger partial charge < -0.3 is 4.52 Å². The molecule has 264 valence electrons. The highest BCUT2D eigenvalue weighted by Crippen LogP contribution is 2.59. The van der Waals surface area contributed by atoms with Crippen LogP contribution in [-0.4, -0.2) is 11.3 Å². The fourth-order valence-electron chi connectivity index (χ4n) is 9.12. The molecule has 3 heteroatoms. The fourth-order valence-corrected chi connectivity index (χ4v) is 14.9. The van der Waals surface area contributed by atoms with Crippen LogP contribution in [-0.2, 0) is 0 Å². The predicted molar refractivity (Wildman–Crippen MR) is 232 cm³/mol. The maximum absolute atomic E-state index is 7.81. The molecule has 7 aromatic carbocycles. The summed E-state index contributed by atoms with van der Waals surface area (Å²) in [6.07, 6.45) is 13.8. The molecule has 0 saturated heterocycles. The van der Waals surface area contributed by atoms with Gasteiger partial charge in [-0.15, -0.1) is 0 Å². The highest BCUT2D eigenvalue weighted by Gasteiger charge is 2.36. The summed E-state index contributed by atoms with van der Waals surface area (Å²) in [6, 6.07) is 58.5. The van der Waals surface area contributed by atoms with Crippen LogP contribution in [0.3, 0.4) is 0 Å². The van der Waals surface area contributed by atoms with E-state index in [0.29, 0.717) is 0 Å². The van der Waals surface area contributed by atoms with Crippen molar-refractivity contribution >= 4 is 53.5 Å². The Hall–Kier alpha value is -4.28. The second-order valence-corrected chi connectivity index (χ2v) is 19.5. The summed E-state index contributed by atoms with van der Waals surface area (Å²) >= 11 is 0. The van der Waals surface area contributed by atoms with Crippen LogP contribution in [0.5, 0.6) is 5.75 Å². The highest BCUT2D eigenvalue weighted by molar-refractivity contribution is 7.69. The van der Waals surface area contributed by atoms with Crippen LogP contribution >= 0.6 is 16.1 Å². The lowest BCUT2D eigenvalue weighted by Gasteiger charge is -2.40. The van der Waals surface area contributed by atoms with Crippen molar-refractivity contribution in [1.29, 1.82) is 0 Å². The van der Waals surface area contributed by atoms with Crippen molar-refractivity contribution in [2.24, 2.45) is 0 Å². The average Bonchev–Trinajstić information content (AvgIpc) is 3.24. The zero-order valence-corrected chi connectivity index (χ0v) is 32.3. The van der Waals surface area contributed by atoms with Crippen LogP contribution < -0.4 is 20.4 Å². The predicted octanol–water partition coefficient (Wildman–Crippen LogP) is 13.5. The van der Waals surface area contributed by atoms with Gasteiger partial charge in [-0.3, -0.25) is 0 Å². The van der Waals surface area contributed by atoms with E-state index in [0.717, 1.165) is 22.6 Å². The van der Waals surface area contributed by atoms with E-state index < -0.39 is 16.1 Å². The summed E-state index contributed by atoms with van der Waals surface area (Å²) in [4.78, 5) is 0. The van der Waals surface area contributed by atoms with Crippen LogP contribution in [0, 0.1) is 0 Å². The Morgan fingerprint density at radius 2 is 0.925 bits per heavy atom. The maximum Gasteiger partial charge on any atom is 0.150 e. The average molecular weight is 727 g/mol. The SMILES string of the molecule is c1ccc(-c2cc3ccccc3c(-c3c(P(C4CCCCC4)C4CCCCC4)ccc4ccccc34)c2OP(c2ccccc2)c2ccccc2)cc1. The van der Waals surface area contributed by atoms with Crippen LogP contribution in [0.4, 0.5) is 0 Å². The van der Waals surface area contributed by atoms with Crippen molar-refractivity contribution in [1.82, 2.24) is 0 Å². The number of rotatable bonds is 9. The third-order valence-electron chi connectivity index (χ3n) is 11.6. The lowest BCUT2D eigenvalue weighted by Crippen LogP contribution is -2.27. The van der Waals surface area contributed by atoms with E-state index in [1.165, 1.54) is 113 Å². The molecule has 9 rings (SSSR count). The fraction of sp³-hybridized carbons (Fsp3) is 0.240. The minimum atomic E-state index is -1.18. The minimum absolute atomic E-state index is 0.400. The normalized spacial score (nSPS) is 15.7. The maximum atomic E-state index is 7.81. The monoisotopic (exact) mass is 726 g/mol. The van der Waals surface area contributed by atoms with E-state index in [1.54, 1.807) is 5.30 Å². The second-order valence-electron chi connectivity index (χ2n) is 14.9. The third kappa shape index (κ3) is 7.08. The number of benzene rings is 7. The van der Waals surface area contributed by atoms with Gasteiger partial charge in [-0.25, -0.2) is 0 Å². The second kappa shape index (κ2) is 16.0. The smallest absolute Gasteiger partial charge is 0.150 e. The number of fused-ring (bicyclic) bond motifs is 2. The lowest BCUT2D eigenvalue weighted by atomic mass is 9.89. The quantitative estimate of drug-likeness (QED) is 0.135. The first-order chi connectivity index (χ1) is 26.3. The summed E-state index contributed by atoms with van der Waals surface area (Å²) < 4.78 is 7.81. The molecule has 0 amide bonds. The zero-order chi connectivity index (χ0) is 35.4. The zero-order valence-electron chi connectivity index (χ0n) is 30.5. The molecule has 0 N–H and O–H groups in total. The first kappa shape index (κ1) is 34.5. The molecule has 2 saturated carbocycles. The van der Waals surface area contributed by atoms with Crippen LogP contribution in [0.2, 0.25) is 0 Å². The minimum Gasteiger partial charge on any atom is -0.463 e. The first-order valence-corrected chi connectivity index (χ1v) is 22.6. The molecule has 0 heterocycles. The van der Waals surface area contributed by atoms with E-state index in [9.17, 15) is 0 Å². The van der Waals surface area contributed by atoms with Gasteiger partial charge in [0, 0.05) is 27.3 Å². The molecule has 2 aliphatic rings. The molecule has 0 unspecified atom stereocenters. The van der Waals surface area contributed by atoms with Crippen molar-refractivity contribution in [3.63, 3.8) is 0 Å². The van der Waals surface area contributed by atoms with E-state index in [2.05, 4.69) is 158 Å². The van der Waals surface area contributed by atoms with Gasteiger partial charge in [-0.1, -0.05) is 198 Å². The molecule has 0 radical (unpaired) electrons. The van der Waals surface area contributed by atoms with E-state index in [-0.39, 0.29) is 0 Å². The highest BCUT2D eigenvalue weighted by atomic mass is 31.1. The van der Waals surface area contributed by atoms with Gasteiger partial charge in [0.05, 0.1) is 0 Å².